The van der Waals surface area contributed by atoms with Gasteiger partial charge < -0.3 is 9.84 Å². The van der Waals surface area contributed by atoms with E-state index in [0.29, 0.717) is 11.8 Å². The average molecular weight is 365 g/mol. The predicted molar refractivity (Wildman–Crippen MR) is 91.7 cm³/mol. The summed E-state index contributed by atoms with van der Waals surface area (Å²) in [7, 11) is 1.75. The lowest BCUT2D eigenvalue weighted by Crippen LogP contribution is -2.44. The van der Waals surface area contributed by atoms with Crippen LogP contribution < -0.4 is 4.74 Å². The van der Waals surface area contributed by atoms with Crippen LogP contribution in [0.2, 0.25) is 0 Å². The number of fused-ring (bicyclic) bond motifs is 5. The standard InChI is InChI=1S/C19H25BrO2/c1-19-8-7-14-13-6-4-12(22-2)9-11(13)3-5-15(14)16(19)10-17(20)18(19)21/h4,6,9,14-18,21H,3,5,7-8,10H2,1-2H3/t14?,15?,16?,17?,18?,19-/m1/s1. The molecule has 0 aliphatic heterocycles. The SMILES string of the molecule is COc1ccc2c(c1)CCC1C2CC[C@@]2(C)C(O)C(Br)CC12. The van der Waals surface area contributed by atoms with Crippen LogP contribution in [-0.4, -0.2) is 23.1 Å². The van der Waals surface area contributed by atoms with E-state index in [2.05, 4.69) is 41.1 Å². The van der Waals surface area contributed by atoms with Crippen LogP contribution in [0.25, 0.3) is 0 Å². The minimum atomic E-state index is -0.185. The molecule has 0 saturated heterocycles. The highest BCUT2D eigenvalue weighted by atomic mass is 79.9. The third-order valence-corrected chi connectivity index (χ3v) is 7.74. The van der Waals surface area contributed by atoms with Crippen LogP contribution in [0.3, 0.4) is 0 Å². The fourth-order valence-electron chi connectivity index (χ4n) is 5.63. The number of hydrogen-bond acceptors (Lipinski definition) is 2. The van der Waals surface area contributed by atoms with E-state index in [1.807, 2.05) is 0 Å². The first-order valence-corrected chi connectivity index (χ1v) is 9.45. The molecule has 3 aliphatic rings. The molecule has 0 aromatic heterocycles. The van der Waals surface area contributed by atoms with Crippen LogP contribution in [0.1, 0.15) is 49.7 Å². The zero-order valence-electron chi connectivity index (χ0n) is 13.4. The van der Waals surface area contributed by atoms with Gasteiger partial charge in [0.15, 0.2) is 0 Å². The molecule has 2 saturated carbocycles. The maximum Gasteiger partial charge on any atom is 0.119 e. The smallest absolute Gasteiger partial charge is 0.119 e. The van der Waals surface area contributed by atoms with Crippen molar-refractivity contribution in [2.75, 3.05) is 7.11 Å². The molecule has 1 aromatic rings. The van der Waals surface area contributed by atoms with E-state index in [-0.39, 0.29) is 16.3 Å². The lowest BCUT2D eigenvalue weighted by Gasteiger charge is -2.50. The first-order valence-electron chi connectivity index (χ1n) is 8.53. The van der Waals surface area contributed by atoms with Gasteiger partial charge in [0.1, 0.15) is 5.75 Å². The van der Waals surface area contributed by atoms with Crippen molar-refractivity contribution in [2.24, 2.45) is 17.3 Å². The van der Waals surface area contributed by atoms with E-state index >= 15 is 0 Å². The Morgan fingerprint density at radius 3 is 2.91 bits per heavy atom. The van der Waals surface area contributed by atoms with E-state index < -0.39 is 0 Å². The summed E-state index contributed by atoms with van der Waals surface area (Å²) < 4.78 is 5.39. The molecule has 5 unspecified atom stereocenters. The summed E-state index contributed by atoms with van der Waals surface area (Å²) in [5.74, 6) is 3.05. The zero-order chi connectivity index (χ0) is 15.5. The molecule has 3 heteroatoms. The second-order valence-electron chi connectivity index (χ2n) is 7.72. The van der Waals surface area contributed by atoms with Gasteiger partial charge in [0.25, 0.3) is 0 Å². The van der Waals surface area contributed by atoms with Gasteiger partial charge in [0.05, 0.1) is 13.2 Å². The summed E-state index contributed by atoms with van der Waals surface area (Å²) in [6.45, 7) is 2.32. The highest BCUT2D eigenvalue weighted by Crippen LogP contribution is 2.61. The molecule has 0 radical (unpaired) electrons. The highest BCUT2D eigenvalue weighted by Gasteiger charge is 2.57. The summed E-state index contributed by atoms with van der Waals surface area (Å²) in [6, 6.07) is 6.65. The fraction of sp³-hybridized carbons (Fsp3) is 0.684. The Hall–Kier alpha value is -0.540. The maximum absolute atomic E-state index is 10.6. The first kappa shape index (κ1) is 15.0. The van der Waals surface area contributed by atoms with Crippen LogP contribution >= 0.6 is 15.9 Å². The summed E-state index contributed by atoms with van der Waals surface area (Å²) >= 11 is 3.73. The second-order valence-corrected chi connectivity index (χ2v) is 8.90. The Morgan fingerprint density at radius 2 is 2.14 bits per heavy atom. The molecule has 22 heavy (non-hydrogen) atoms. The van der Waals surface area contributed by atoms with E-state index in [0.717, 1.165) is 30.9 Å². The maximum atomic E-state index is 10.6. The highest BCUT2D eigenvalue weighted by molar-refractivity contribution is 9.09. The fourth-order valence-corrected chi connectivity index (χ4v) is 6.64. The van der Waals surface area contributed by atoms with Gasteiger partial charge in [0, 0.05) is 4.83 Å². The number of methoxy groups -OCH3 is 1. The number of aliphatic hydroxyl groups is 1. The largest absolute Gasteiger partial charge is 0.497 e. The Labute approximate surface area is 141 Å². The van der Waals surface area contributed by atoms with Crippen molar-refractivity contribution >= 4 is 15.9 Å². The van der Waals surface area contributed by atoms with Crippen molar-refractivity contribution in [3.8, 4) is 5.75 Å². The summed E-state index contributed by atoms with van der Waals surface area (Å²) in [4.78, 5) is 0.276. The predicted octanol–water partition coefficient (Wildman–Crippen LogP) is 4.29. The number of benzene rings is 1. The van der Waals surface area contributed by atoms with Crippen molar-refractivity contribution in [3.05, 3.63) is 29.3 Å². The van der Waals surface area contributed by atoms with Crippen LogP contribution in [0, 0.1) is 17.3 Å². The zero-order valence-corrected chi connectivity index (χ0v) is 15.0. The Bertz CT molecular complexity index is 587. The molecule has 0 spiro atoms. The topological polar surface area (TPSA) is 29.5 Å². The van der Waals surface area contributed by atoms with Gasteiger partial charge in [-0.25, -0.2) is 0 Å². The number of aryl methyl sites for hydroxylation is 1. The number of rotatable bonds is 1. The van der Waals surface area contributed by atoms with Crippen molar-refractivity contribution in [3.63, 3.8) is 0 Å². The number of halogens is 1. The van der Waals surface area contributed by atoms with Crippen molar-refractivity contribution in [1.82, 2.24) is 0 Å². The lowest BCUT2D eigenvalue weighted by molar-refractivity contribution is -0.0213. The molecule has 6 atom stereocenters. The number of aliphatic hydroxyl groups excluding tert-OH is 1. The molecule has 0 heterocycles. The average Bonchev–Trinajstić information content (AvgIpc) is 2.77. The first-order chi connectivity index (χ1) is 10.5. The van der Waals surface area contributed by atoms with Crippen LogP contribution in [0.4, 0.5) is 0 Å². The molecule has 0 bridgehead atoms. The molecule has 2 nitrogen and oxygen atoms in total. The molecule has 1 aromatic carbocycles. The third-order valence-electron chi connectivity index (χ3n) is 6.87. The van der Waals surface area contributed by atoms with Crippen molar-refractivity contribution < 1.29 is 9.84 Å². The van der Waals surface area contributed by atoms with Crippen molar-refractivity contribution in [2.45, 2.75) is 55.9 Å². The number of ether oxygens (including phenoxy) is 1. The second kappa shape index (κ2) is 5.24. The van der Waals surface area contributed by atoms with Gasteiger partial charge in [-0.2, -0.15) is 0 Å². The van der Waals surface area contributed by atoms with Gasteiger partial charge in [-0.3, -0.25) is 0 Å². The van der Waals surface area contributed by atoms with E-state index in [1.54, 1.807) is 12.7 Å². The van der Waals surface area contributed by atoms with Crippen molar-refractivity contribution in [1.29, 1.82) is 0 Å². The molecule has 0 amide bonds. The lowest BCUT2D eigenvalue weighted by atomic mass is 9.55. The van der Waals surface area contributed by atoms with Gasteiger partial charge >= 0.3 is 0 Å². The molecular weight excluding hydrogens is 340 g/mol. The normalized spacial score (nSPS) is 43.2. The number of hydrogen-bond donors (Lipinski definition) is 1. The molecule has 4 rings (SSSR count). The van der Waals surface area contributed by atoms with Crippen LogP contribution in [-0.2, 0) is 6.42 Å². The summed E-state index contributed by atoms with van der Waals surface area (Å²) in [5, 5.41) is 10.6. The van der Waals surface area contributed by atoms with E-state index in [1.165, 1.54) is 18.4 Å². The van der Waals surface area contributed by atoms with Crippen LogP contribution in [0.5, 0.6) is 5.75 Å². The van der Waals surface area contributed by atoms with Crippen LogP contribution in [0.15, 0.2) is 18.2 Å². The molecular formula is C19H25BrO2. The third kappa shape index (κ3) is 2.01. The minimum absolute atomic E-state index is 0.110. The Kier molecular flexibility index (Phi) is 3.58. The van der Waals surface area contributed by atoms with Gasteiger partial charge in [0.2, 0.25) is 0 Å². The number of alkyl halides is 1. The van der Waals surface area contributed by atoms with Gasteiger partial charge in [-0.05, 0) is 78.5 Å². The monoisotopic (exact) mass is 364 g/mol. The molecule has 2 fully saturated rings. The van der Waals surface area contributed by atoms with E-state index in [9.17, 15) is 5.11 Å². The van der Waals surface area contributed by atoms with Gasteiger partial charge in [-0.1, -0.05) is 28.9 Å². The summed E-state index contributed by atoms with van der Waals surface area (Å²) in [6.07, 6.45) is 5.72. The summed E-state index contributed by atoms with van der Waals surface area (Å²) in [5.41, 5.74) is 3.14. The minimum Gasteiger partial charge on any atom is -0.497 e. The Morgan fingerprint density at radius 1 is 1.32 bits per heavy atom. The quantitative estimate of drug-likeness (QED) is 0.753. The molecule has 3 aliphatic carbocycles. The molecule has 120 valence electrons. The van der Waals surface area contributed by atoms with E-state index in [4.69, 9.17) is 4.74 Å². The van der Waals surface area contributed by atoms with Gasteiger partial charge in [-0.15, -0.1) is 0 Å². The molecule has 1 N–H and O–H groups in total. The Balaban J connectivity index is 1.69.